The Balaban J connectivity index is -0.000000232. The van der Waals surface area contributed by atoms with Crippen LogP contribution in [0.15, 0.2) is 0 Å². The molecule has 35 heteroatoms. The van der Waals surface area contributed by atoms with Crippen LogP contribution in [0, 0.1) is 0 Å². The maximum atomic E-state index is 10.5. The topological polar surface area (TPSA) is 604 Å². The van der Waals surface area contributed by atoms with Crippen LogP contribution in [0.5, 0.6) is 0 Å². The Hall–Kier alpha value is -2.10. The highest BCUT2D eigenvalue weighted by Gasteiger charge is 2.20. The Morgan fingerprint density at radius 2 is 0.446 bits per heavy atom. The normalized spacial score (nSPS) is 14.1. The van der Waals surface area contributed by atoms with E-state index in [4.69, 9.17) is 103 Å². The lowest BCUT2D eigenvalue weighted by Crippen LogP contribution is -2.30. The van der Waals surface area contributed by atoms with Gasteiger partial charge in [-0.1, -0.05) is 38.5 Å². The van der Waals surface area contributed by atoms with Crippen molar-refractivity contribution < 1.29 is 121 Å². The molecule has 0 aromatic carbocycles. The average molecular weight is 1060 g/mol. The van der Waals surface area contributed by atoms with Crippen LogP contribution in [-0.2, 0) is 46.8 Å². The van der Waals surface area contributed by atoms with Gasteiger partial charge in [0.1, 0.15) is 30.2 Å². The molecule has 65 heavy (non-hydrogen) atoms. The molecule has 0 aromatic rings. The third-order valence-corrected chi connectivity index (χ3v) is 12.1. The molecule has 5 unspecified atom stereocenters. The number of hydrogen-bond acceptors (Lipinski definition) is 15. The minimum atomic E-state index is -4.10. The number of carboxylic acid groups (broad SMARTS) is 5. The molecule has 0 rings (SSSR count). The summed E-state index contributed by atoms with van der Waals surface area (Å²) in [5.41, 5.74) is 25.8. The van der Waals surface area contributed by atoms with Gasteiger partial charge in [0.2, 0.25) is 0 Å². The maximum absolute atomic E-state index is 10.5. The Morgan fingerprint density at radius 3 is 0.692 bits per heavy atom. The lowest BCUT2D eigenvalue weighted by Gasteiger charge is -2.06. The molecule has 0 saturated carbocycles. The van der Waals surface area contributed by atoms with Gasteiger partial charge in [-0.15, -0.1) is 0 Å². The molecular formula is C30H70N5O25P5. The lowest BCUT2D eigenvalue weighted by molar-refractivity contribution is -0.139. The fraction of sp³-hybridized carbons (Fsp3) is 0.833. The monoisotopic (exact) mass is 1060 g/mol. The van der Waals surface area contributed by atoms with Crippen molar-refractivity contribution in [3.05, 3.63) is 0 Å². The Labute approximate surface area is 374 Å². The van der Waals surface area contributed by atoms with Crippen molar-refractivity contribution in [1.82, 2.24) is 0 Å². The summed E-state index contributed by atoms with van der Waals surface area (Å²) < 4.78 is 51.7. The number of hydrogen-bond donors (Lipinski definition) is 20. The first kappa shape index (κ1) is 71.9. The van der Waals surface area contributed by atoms with E-state index >= 15 is 0 Å². The quantitative estimate of drug-likeness (QED) is 0.0295. The summed E-state index contributed by atoms with van der Waals surface area (Å²) in [4.78, 5) is 135. The van der Waals surface area contributed by atoms with Crippen molar-refractivity contribution in [2.75, 3.05) is 30.8 Å². The predicted molar refractivity (Wildman–Crippen MR) is 232 cm³/mol. The smallest absolute Gasteiger partial charge is 0.325 e. The molecule has 30 nitrogen and oxygen atoms in total. The van der Waals surface area contributed by atoms with Crippen molar-refractivity contribution in [1.29, 1.82) is 0 Å². The Bertz CT molecular complexity index is 1600. The number of rotatable bonds is 30. The zero-order valence-corrected chi connectivity index (χ0v) is 39.9. The molecule has 0 radical (unpaired) electrons. The van der Waals surface area contributed by atoms with E-state index in [-0.39, 0.29) is 50.3 Å². The number of unbranched alkanes of at least 4 members (excludes halogenated alkanes) is 6. The maximum Gasteiger partial charge on any atom is 0.325 e. The number of nitrogens with two attached hydrogens (primary N) is 5. The summed E-state index contributed by atoms with van der Waals surface area (Å²) in [6.45, 7) is 0. The minimum absolute atomic E-state index is 0.0838. The highest BCUT2D eigenvalue weighted by molar-refractivity contribution is 7.52. The number of carbonyl (C=O) groups is 5. The molecule has 25 N–H and O–H groups in total. The van der Waals surface area contributed by atoms with Crippen LogP contribution in [0.2, 0.25) is 0 Å². The molecule has 0 fully saturated rings. The van der Waals surface area contributed by atoms with Crippen LogP contribution in [0.4, 0.5) is 0 Å². The third-order valence-electron chi connectivity index (χ3n) is 7.68. The van der Waals surface area contributed by atoms with Crippen LogP contribution in [-0.4, -0.2) is 165 Å². The van der Waals surface area contributed by atoms with Crippen LogP contribution in [0.3, 0.4) is 0 Å². The number of aliphatic carboxylic acids is 5. The standard InChI is InChI=1S/C8H18NO5P.C7H16NO5P.C6H14NO5P.C5H12NO5P.C4H10NO5P/c9-7(8(10)11)5-3-1-2-4-6-15(12,13)14;8-6(7(9)10)4-2-1-3-5-14(11,12)13;7-5(6(8)9)3-1-2-4-13(10,11)12;6-4(5(7)8)2-1-3-12(9,10)11;5-3(4(6)7)1-2-11(8,9)10/h7H,1-6,9H2,(H,10,11)(H2,12,13,14);6H,1-5,8H2,(H,9,10)(H2,11,12,13);5H,1-4,7H2,(H,8,9)(H2,10,11,12);4H,1-3,6H2,(H,7,8)(H2,9,10,11);3H,1-2,5H2,(H,6,7)(H2,8,9,10). The highest BCUT2D eigenvalue weighted by Crippen LogP contribution is 2.38. The predicted octanol–water partition coefficient (Wildman–Crippen LogP) is -1.27. The Kier molecular flexibility index (Phi) is 41.8. The van der Waals surface area contributed by atoms with Gasteiger partial charge in [-0.25, -0.2) is 0 Å². The summed E-state index contributed by atoms with van der Waals surface area (Å²) in [7, 11) is -19.8. The van der Waals surface area contributed by atoms with Crippen molar-refractivity contribution in [2.24, 2.45) is 28.7 Å². The third kappa shape index (κ3) is 66.3. The second kappa shape index (κ2) is 37.8. The molecule has 0 aliphatic heterocycles. The van der Waals surface area contributed by atoms with E-state index in [1.54, 1.807) is 0 Å². The lowest BCUT2D eigenvalue weighted by atomic mass is 10.1. The summed E-state index contributed by atoms with van der Waals surface area (Å²) >= 11 is 0. The summed E-state index contributed by atoms with van der Waals surface area (Å²) in [5.74, 6) is -5.54. The molecule has 0 bridgehead atoms. The first-order valence-corrected chi connectivity index (χ1v) is 28.3. The van der Waals surface area contributed by atoms with Gasteiger partial charge >= 0.3 is 67.8 Å². The fourth-order valence-electron chi connectivity index (χ4n) is 4.02. The van der Waals surface area contributed by atoms with Gasteiger partial charge in [0.05, 0.1) is 6.16 Å². The molecule has 0 amide bonds. The van der Waals surface area contributed by atoms with Crippen LogP contribution in [0.25, 0.3) is 0 Å². The van der Waals surface area contributed by atoms with Crippen molar-refractivity contribution >= 4 is 67.8 Å². The highest BCUT2D eigenvalue weighted by atomic mass is 31.2. The van der Waals surface area contributed by atoms with E-state index in [9.17, 15) is 46.8 Å². The number of carboxylic acids is 5. The van der Waals surface area contributed by atoms with E-state index in [1.165, 1.54) is 0 Å². The van der Waals surface area contributed by atoms with Gasteiger partial charge in [0, 0.05) is 24.6 Å². The van der Waals surface area contributed by atoms with Crippen molar-refractivity contribution in [3.63, 3.8) is 0 Å². The van der Waals surface area contributed by atoms with Gasteiger partial charge in [0.15, 0.2) is 0 Å². The molecule has 0 aliphatic carbocycles. The van der Waals surface area contributed by atoms with E-state index in [0.29, 0.717) is 64.2 Å². The zero-order valence-electron chi connectivity index (χ0n) is 35.4. The van der Waals surface area contributed by atoms with E-state index in [1.807, 2.05) is 0 Å². The van der Waals surface area contributed by atoms with E-state index in [2.05, 4.69) is 0 Å². The molecule has 0 saturated heterocycles. The minimum Gasteiger partial charge on any atom is -0.480 e. The summed E-state index contributed by atoms with van der Waals surface area (Å²) in [6, 6.07) is -4.85. The fourth-order valence-corrected chi connectivity index (χ4v) is 7.13. The van der Waals surface area contributed by atoms with Crippen molar-refractivity contribution in [3.8, 4) is 0 Å². The molecular weight excluding hydrogens is 985 g/mol. The summed E-state index contributed by atoms with van der Waals surface area (Å²) in [6.07, 6.45) is 4.61. The SMILES string of the molecule is NC(CCCCCCP(=O)(O)O)C(=O)O.NC(CCCCCP(=O)(O)O)C(=O)O.NC(CCCCP(=O)(O)O)C(=O)O.NC(CCCP(=O)(O)O)C(=O)O.NC(CCP(=O)(O)O)C(=O)O. The van der Waals surface area contributed by atoms with Gasteiger partial charge < -0.3 is 103 Å². The largest absolute Gasteiger partial charge is 0.480 e. The molecule has 390 valence electrons. The van der Waals surface area contributed by atoms with Gasteiger partial charge in [-0.05, 0) is 57.8 Å². The van der Waals surface area contributed by atoms with Gasteiger partial charge in [-0.2, -0.15) is 0 Å². The average Bonchev–Trinajstić information content (AvgIpc) is 3.12. The summed E-state index contributed by atoms with van der Waals surface area (Å²) in [5, 5.41) is 41.7. The molecule has 5 atom stereocenters. The molecule has 0 spiro atoms. The molecule has 0 heterocycles. The van der Waals surface area contributed by atoms with Gasteiger partial charge in [0.25, 0.3) is 0 Å². The van der Waals surface area contributed by atoms with Crippen molar-refractivity contribution in [2.45, 2.75) is 127 Å². The first-order valence-electron chi connectivity index (χ1n) is 19.3. The van der Waals surface area contributed by atoms with Crippen LogP contribution >= 0.6 is 38.0 Å². The van der Waals surface area contributed by atoms with Crippen LogP contribution in [0.1, 0.15) is 96.3 Å². The molecule has 0 aromatic heterocycles. The van der Waals surface area contributed by atoms with Crippen LogP contribution < -0.4 is 28.7 Å². The Morgan fingerprint density at radius 1 is 0.277 bits per heavy atom. The molecule has 0 aliphatic rings. The second-order valence-electron chi connectivity index (χ2n) is 14.1. The zero-order chi connectivity index (χ0) is 52.4. The van der Waals surface area contributed by atoms with E-state index in [0.717, 1.165) is 6.42 Å². The second-order valence-corrected chi connectivity index (χ2v) is 23.0. The van der Waals surface area contributed by atoms with E-state index < -0.39 is 104 Å². The first-order chi connectivity index (χ1) is 29.1. The van der Waals surface area contributed by atoms with Gasteiger partial charge in [-0.3, -0.25) is 46.8 Å².